The zero-order valence-electron chi connectivity index (χ0n) is 8.80. The Morgan fingerprint density at radius 1 is 1.35 bits per heavy atom. The molecule has 0 atom stereocenters. The molecule has 1 aromatic heterocycles. The average Bonchev–Trinajstić information content (AvgIpc) is 2.20. The SMILES string of the molecule is Cl.NC(=O)Cc1cc2cccc(N)c2oc1=O. The van der Waals surface area contributed by atoms with Crippen molar-refractivity contribution in [2.24, 2.45) is 5.73 Å². The molecule has 2 rings (SSSR count). The Balaban J connectivity index is 0.00000144. The van der Waals surface area contributed by atoms with Crippen molar-refractivity contribution >= 4 is 35.0 Å². The Bertz CT molecular complexity index is 622. The second-order valence-corrected chi connectivity index (χ2v) is 3.47. The molecule has 0 spiro atoms. The number of hydrogen-bond donors (Lipinski definition) is 2. The van der Waals surface area contributed by atoms with Crippen molar-refractivity contribution in [2.75, 3.05) is 5.73 Å². The van der Waals surface area contributed by atoms with Gasteiger partial charge in [-0.3, -0.25) is 4.79 Å². The van der Waals surface area contributed by atoms with E-state index in [2.05, 4.69) is 0 Å². The third-order valence-electron chi connectivity index (χ3n) is 2.23. The first-order valence-corrected chi connectivity index (χ1v) is 4.67. The molecule has 90 valence electrons. The number of halogens is 1. The minimum Gasteiger partial charge on any atom is -0.420 e. The number of nitrogens with two attached hydrogens (primary N) is 2. The third-order valence-corrected chi connectivity index (χ3v) is 2.23. The van der Waals surface area contributed by atoms with Gasteiger partial charge in [-0.15, -0.1) is 12.4 Å². The number of carbonyl (C=O) groups excluding carboxylic acids is 1. The van der Waals surface area contributed by atoms with Gasteiger partial charge in [-0.1, -0.05) is 12.1 Å². The summed E-state index contributed by atoms with van der Waals surface area (Å²) in [7, 11) is 0. The van der Waals surface area contributed by atoms with Gasteiger partial charge in [-0.25, -0.2) is 4.79 Å². The molecule has 5 nitrogen and oxygen atoms in total. The highest BCUT2D eigenvalue weighted by Crippen LogP contribution is 2.19. The highest BCUT2D eigenvalue weighted by Gasteiger charge is 2.09. The lowest BCUT2D eigenvalue weighted by Gasteiger charge is -2.02. The molecule has 0 aliphatic heterocycles. The number of hydrogen-bond acceptors (Lipinski definition) is 4. The van der Waals surface area contributed by atoms with Crippen LogP contribution in [0.4, 0.5) is 5.69 Å². The smallest absolute Gasteiger partial charge is 0.340 e. The Kier molecular flexibility index (Phi) is 3.75. The molecule has 0 radical (unpaired) electrons. The van der Waals surface area contributed by atoms with Crippen LogP contribution in [0, 0.1) is 0 Å². The number of fused-ring (bicyclic) bond motifs is 1. The molecule has 2 aromatic rings. The summed E-state index contributed by atoms with van der Waals surface area (Å²) in [5.41, 5.74) is 11.1. The number of carbonyl (C=O) groups is 1. The number of anilines is 1. The van der Waals surface area contributed by atoms with Crippen LogP contribution in [0.2, 0.25) is 0 Å². The van der Waals surface area contributed by atoms with Crippen LogP contribution in [0.1, 0.15) is 5.56 Å². The quantitative estimate of drug-likeness (QED) is 0.612. The van der Waals surface area contributed by atoms with Gasteiger partial charge in [0.1, 0.15) is 0 Å². The van der Waals surface area contributed by atoms with Crippen molar-refractivity contribution in [2.45, 2.75) is 6.42 Å². The third kappa shape index (κ3) is 2.57. The number of benzene rings is 1. The van der Waals surface area contributed by atoms with Crippen LogP contribution >= 0.6 is 12.4 Å². The number of rotatable bonds is 2. The van der Waals surface area contributed by atoms with Gasteiger partial charge in [0.05, 0.1) is 12.1 Å². The molecule has 1 amide bonds. The highest BCUT2D eigenvalue weighted by molar-refractivity contribution is 5.88. The fourth-order valence-corrected chi connectivity index (χ4v) is 1.52. The molecule has 4 N–H and O–H groups in total. The van der Waals surface area contributed by atoms with Crippen LogP contribution in [0.5, 0.6) is 0 Å². The van der Waals surface area contributed by atoms with E-state index in [1.807, 2.05) is 0 Å². The van der Waals surface area contributed by atoms with E-state index in [0.717, 1.165) is 0 Å². The second-order valence-electron chi connectivity index (χ2n) is 3.47. The van der Waals surface area contributed by atoms with Gasteiger partial charge in [0.15, 0.2) is 5.58 Å². The van der Waals surface area contributed by atoms with Crippen LogP contribution in [-0.4, -0.2) is 5.91 Å². The molecular formula is C11H11ClN2O3. The van der Waals surface area contributed by atoms with E-state index < -0.39 is 11.5 Å². The van der Waals surface area contributed by atoms with Gasteiger partial charge in [-0.05, 0) is 12.1 Å². The molecular weight excluding hydrogens is 244 g/mol. The van der Waals surface area contributed by atoms with Crippen LogP contribution in [0.15, 0.2) is 33.5 Å². The maximum atomic E-state index is 11.5. The van der Waals surface area contributed by atoms with Crippen molar-refractivity contribution in [3.8, 4) is 0 Å². The lowest BCUT2D eigenvalue weighted by Crippen LogP contribution is -2.19. The van der Waals surface area contributed by atoms with Gasteiger partial charge < -0.3 is 15.9 Å². The summed E-state index contributed by atoms with van der Waals surface area (Å²) in [6, 6.07) is 6.70. The second kappa shape index (κ2) is 4.88. The van der Waals surface area contributed by atoms with Crippen molar-refractivity contribution in [3.63, 3.8) is 0 Å². The minimum absolute atomic E-state index is 0. The summed E-state index contributed by atoms with van der Waals surface area (Å²) >= 11 is 0. The molecule has 0 aliphatic rings. The summed E-state index contributed by atoms with van der Waals surface area (Å²) in [6.45, 7) is 0. The predicted molar refractivity (Wildman–Crippen MR) is 67.0 cm³/mol. The lowest BCUT2D eigenvalue weighted by molar-refractivity contribution is -0.117. The van der Waals surface area contributed by atoms with Gasteiger partial charge in [-0.2, -0.15) is 0 Å². The van der Waals surface area contributed by atoms with Gasteiger partial charge >= 0.3 is 5.63 Å². The highest BCUT2D eigenvalue weighted by atomic mass is 35.5. The van der Waals surface area contributed by atoms with Crippen LogP contribution in [0.3, 0.4) is 0 Å². The van der Waals surface area contributed by atoms with E-state index in [9.17, 15) is 9.59 Å². The predicted octanol–water partition coefficient (Wildman–Crippen LogP) is 0.825. The normalized spacial score (nSPS) is 9.88. The van der Waals surface area contributed by atoms with Crippen LogP contribution in [-0.2, 0) is 11.2 Å². The molecule has 17 heavy (non-hydrogen) atoms. The Morgan fingerprint density at radius 2 is 2.06 bits per heavy atom. The van der Waals surface area contributed by atoms with E-state index in [4.69, 9.17) is 15.9 Å². The van der Waals surface area contributed by atoms with Gasteiger partial charge in [0.25, 0.3) is 0 Å². The fourth-order valence-electron chi connectivity index (χ4n) is 1.52. The van der Waals surface area contributed by atoms with Gasteiger partial charge in [0.2, 0.25) is 5.91 Å². The number of nitrogen functional groups attached to an aromatic ring is 1. The standard InChI is InChI=1S/C11H10N2O3.ClH/c12-8-3-1-2-6-4-7(5-9(13)14)11(15)16-10(6)8;/h1-4H,5,12H2,(H2,13,14);1H. The maximum absolute atomic E-state index is 11.5. The molecule has 0 aliphatic carbocycles. The van der Waals surface area contributed by atoms with E-state index in [1.165, 1.54) is 0 Å². The van der Waals surface area contributed by atoms with Crippen molar-refractivity contribution < 1.29 is 9.21 Å². The summed E-state index contributed by atoms with van der Waals surface area (Å²) in [4.78, 5) is 22.2. The first-order chi connectivity index (χ1) is 7.58. The summed E-state index contributed by atoms with van der Waals surface area (Å²) in [6.07, 6.45) is -0.132. The topological polar surface area (TPSA) is 99.3 Å². The molecule has 0 fully saturated rings. The lowest BCUT2D eigenvalue weighted by atomic mass is 10.1. The zero-order valence-corrected chi connectivity index (χ0v) is 9.62. The van der Waals surface area contributed by atoms with Crippen molar-refractivity contribution in [1.82, 2.24) is 0 Å². The molecule has 0 saturated heterocycles. The van der Waals surface area contributed by atoms with Gasteiger partial charge in [0, 0.05) is 10.9 Å². The van der Waals surface area contributed by atoms with E-state index in [0.29, 0.717) is 16.7 Å². The first-order valence-electron chi connectivity index (χ1n) is 4.67. The Morgan fingerprint density at radius 3 is 2.71 bits per heavy atom. The van der Waals surface area contributed by atoms with Crippen molar-refractivity contribution in [1.29, 1.82) is 0 Å². The molecule has 1 aromatic carbocycles. The molecule has 0 unspecified atom stereocenters. The largest absolute Gasteiger partial charge is 0.420 e. The Labute approximate surface area is 103 Å². The van der Waals surface area contributed by atoms with E-state index >= 15 is 0 Å². The van der Waals surface area contributed by atoms with Crippen molar-refractivity contribution in [3.05, 3.63) is 40.2 Å². The monoisotopic (exact) mass is 254 g/mol. The summed E-state index contributed by atoms with van der Waals surface area (Å²) < 4.78 is 5.04. The minimum atomic E-state index is -0.579. The van der Waals surface area contributed by atoms with Crippen LogP contribution in [0.25, 0.3) is 11.0 Å². The number of primary amides is 1. The molecule has 1 heterocycles. The molecule has 6 heteroatoms. The molecule has 0 bridgehead atoms. The van der Waals surface area contributed by atoms with E-state index in [1.54, 1.807) is 24.3 Å². The molecule has 0 saturated carbocycles. The maximum Gasteiger partial charge on any atom is 0.340 e. The zero-order chi connectivity index (χ0) is 11.7. The Hall–Kier alpha value is -2.01. The number of para-hydroxylation sites is 1. The summed E-state index contributed by atoms with van der Waals surface area (Å²) in [5, 5.41) is 0.677. The average molecular weight is 255 g/mol. The fraction of sp³-hybridized carbons (Fsp3) is 0.0909. The van der Waals surface area contributed by atoms with Crippen LogP contribution < -0.4 is 17.1 Å². The van der Waals surface area contributed by atoms with E-state index in [-0.39, 0.29) is 24.4 Å². The number of amides is 1. The summed E-state index contributed by atoms with van der Waals surface area (Å²) in [5.74, 6) is -0.574. The first kappa shape index (κ1) is 13.1.